The fourth-order valence-corrected chi connectivity index (χ4v) is 1.74. The van der Waals surface area contributed by atoms with Crippen LogP contribution in [0.15, 0.2) is 29.2 Å². The van der Waals surface area contributed by atoms with E-state index in [1.807, 2.05) is 0 Å². The zero-order chi connectivity index (χ0) is 6.81. The molecule has 0 aliphatic carbocycles. The minimum Gasteiger partial charge on any atom is -0.244 e. The lowest BCUT2D eigenvalue weighted by molar-refractivity contribution is 0.661. The van der Waals surface area contributed by atoms with E-state index in [4.69, 9.17) is 0 Å². The van der Waals surface area contributed by atoms with Crippen LogP contribution < -0.4 is 10.3 Å². The summed E-state index contributed by atoms with van der Waals surface area (Å²) < 4.78 is 0. The summed E-state index contributed by atoms with van der Waals surface area (Å²) in [6.45, 7) is 0.934. The van der Waals surface area contributed by atoms with Gasteiger partial charge in [-0.25, -0.2) is 10.3 Å². The van der Waals surface area contributed by atoms with Crippen molar-refractivity contribution in [2.24, 2.45) is 0 Å². The first kappa shape index (κ1) is 6.22. The summed E-state index contributed by atoms with van der Waals surface area (Å²) in [5, 5.41) is 0. The molecular formula is C7H9N2S. The molecule has 0 atom stereocenters. The number of hydrogen-bond donors (Lipinski definition) is 3. The number of hydrogen-bond acceptors (Lipinski definition) is 2. The molecule has 0 amide bonds. The molecule has 2 N–H and O–H groups in total. The van der Waals surface area contributed by atoms with Gasteiger partial charge in [-0.15, -0.1) is 11.9 Å². The number of rotatable bonds is 0. The van der Waals surface area contributed by atoms with E-state index in [1.165, 1.54) is 22.4 Å². The van der Waals surface area contributed by atoms with Gasteiger partial charge in [-0.1, -0.05) is 18.2 Å². The lowest BCUT2D eigenvalue weighted by Gasteiger charge is -2.17. The van der Waals surface area contributed by atoms with Crippen LogP contribution in [0.4, 0.5) is 0 Å². The van der Waals surface area contributed by atoms with Gasteiger partial charge in [-0.05, 0) is 11.6 Å². The van der Waals surface area contributed by atoms with E-state index >= 15 is 0 Å². The summed E-state index contributed by atoms with van der Waals surface area (Å²) >= 11 is 1.17. The van der Waals surface area contributed by atoms with Crippen molar-refractivity contribution in [3.8, 4) is 0 Å². The highest BCUT2D eigenvalue weighted by Crippen LogP contribution is 2.21. The molecular weight excluding hydrogens is 144 g/mol. The third-order valence-electron chi connectivity index (χ3n) is 1.53. The Hall–Kier alpha value is -0.510. The zero-order valence-electron chi connectivity index (χ0n) is 5.46. The van der Waals surface area contributed by atoms with E-state index in [1.54, 1.807) is 0 Å². The van der Waals surface area contributed by atoms with E-state index in [-0.39, 0.29) is 0 Å². The van der Waals surface area contributed by atoms with E-state index < -0.39 is 0 Å². The molecule has 1 aromatic rings. The molecule has 10 heavy (non-hydrogen) atoms. The molecule has 2 nitrogen and oxygen atoms in total. The molecule has 3 heteroatoms. The molecule has 53 valence electrons. The normalized spacial score (nSPS) is 16.4. The first-order chi connectivity index (χ1) is 4.97. The van der Waals surface area contributed by atoms with Gasteiger partial charge in [0.2, 0.25) is 0 Å². The minimum atomic E-state index is 0.934. The van der Waals surface area contributed by atoms with Crippen LogP contribution in [0.5, 0.6) is 0 Å². The van der Waals surface area contributed by atoms with Gasteiger partial charge in [0, 0.05) is 11.4 Å². The summed E-state index contributed by atoms with van der Waals surface area (Å²) in [7, 11) is 0. The van der Waals surface area contributed by atoms with Crippen LogP contribution in [0, 0.1) is 0 Å². The summed E-state index contributed by atoms with van der Waals surface area (Å²) in [6.07, 6.45) is 0. The summed E-state index contributed by atoms with van der Waals surface area (Å²) in [4.78, 5) is 4.44. The Morgan fingerprint density at radius 1 is 1.30 bits per heavy atom. The molecule has 0 saturated carbocycles. The minimum absolute atomic E-state index is 0.934. The van der Waals surface area contributed by atoms with Crippen LogP contribution >= 0.6 is 11.9 Å². The van der Waals surface area contributed by atoms with Crippen molar-refractivity contribution in [3.63, 3.8) is 0 Å². The van der Waals surface area contributed by atoms with Crippen molar-refractivity contribution >= 4 is 11.9 Å². The second-order valence-corrected chi connectivity index (χ2v) is 3.13. The van der Waals surface area contributed by atoms with E-state index in [0.29, 0.717) is 0 Å². The van der Waals surface area contributed by atoms with Crippen LogP contribution in [0.25, 0.3) is 0 Å². The number of thiol groups is 1. The molecule has 0 unspecified atom stereocenters. The Labute approximate surface area is 64.1 Å². The first-order valence-corrected chi connectivity index (χ1v) is 4.13. The van der Waals surface area contributed by atoms with Crippen LogP contribution in [0.2, 0.25) is 0 Å². The molecule has 0 aromatic heterocycles. The number of fused-ring (bicyclic) bond motifs is 1. The zero-order valence-corrected chi connectivity index (χ0v) is 6.36. The van der Waals surface area contributed by atoms with Crippen molar-refractivity contribution in [1.82, 2.24) is 10.3 Å². The third kappa shape index (κ3) is 1.03. The van der Waals surface area contributed by atoms with Gasteiger partial charge in [0.15, 0.2) is 0 Å². The Morgan fingerprint density at radius 2 is 2.20 bits per heavy atom. The Balaban J connectivity index is 2.41. The second kappa shape index (κ2) is 2.62. The van der Waals surface area contributed by atoms with Crippen molar-refractivity contribution in [3.05, 3.63) is 29.8 Å². The van der Waals surface area contributed by atoms with Crippen molar-refractivity contribution in [1.29, 1.82) is 0 Å². The fourth-order valence-electron chi connectivity index (χ4n) is 1.00. The van der Waals surface area contributed by atoms with Gasteiger partial charge in [0.05, 0.1) is 0 Å². The maximum absolute atomic E-state index is 3.08. The maximum Gasteiger partial charge on any atom is 0.0370 e. The summed E-state index contributed by atoms with van der Waals surface area (Å²) in [5.41, 5.74) is 4.47. The molecule has 1 aromatic carbocycles. The van der Waals surface area contributed by atoms with E-state index in [2.05, 4.69) is 34.5 Å². The molecule has 1 radical (unpaired) electrons. The second-order valence-electron chi connectivity index (χ2n) is 2.21. The molecule has 0 spiro atoms. The average Bonchev–Trinajstić information content (AvgIpc) is 2.05. The predicted octanol–water partition coefficient (Wildman–Crippen LogP) is 1.03. The van der Waals surface area contributed by atoms with Gasteiger partial charge in [-0.3, -0.25) is 0 Å². The summed E-state index contributed by atoms with van der Waals surface area (Å²) in [6, 6.07) is 8.43. The highest BCUT2D eigenvalue weighted by Gasteiger charge is 2.04. The van der Waals surface area contributed by atoms with Crippen LogP contribution in [-0.2, 0) is 6.54 Å². The van der Waals surface area contributed by atoms with Gasteiger partial charge in [0.25, 0.3) is 0 Å². The third-order valence-corrected chi connectivity index (χ3v) is 2.47. The average molecular weight is 153 g/mol. The number of benzene rings is 1. The SMILES string of the molecule is c1ccc2c(c1)CNN[SH]2. The van der Waals surface area contributed by atoms with Crippen LogP contribution in [0.1, 0.15) is 5.56 Å². The predicted molar refractivity (Wildman–Crippen MR) is 43.7 cm³/mol. The topological polar surface area (TPSA) is 24.1 Å². The maximum atomic E-state index is 3.08. The Bertz CT molecular complexity index is 212. The van der Waals surface area contributed by atoms with Crippen LogP contribution in [0.3, 0.4) is 0 Å². The highest BCUT2D eigenvalue weighted by molar-refractivity contribution is 7.97. The lowest BCUT2D eigenvalue weighted by Crippen LogP contribution is -2.28. The highest BCUT2D eigenvalue weighted by atomic mass is 32.2. The van der Waals surface area contributed by atoms with Crippen molar-refractivity contribution < 1.29 is 0 Å². The van der Waals surface area contributed by atoms with Gasteiger partial charge in [-0.2, -0.15) is 0 Å². The number of nitrogens with one attached hydrogen (secondary N) is 2. The Kier molecular flexibility index (Phi) is 1.63. The molecule has 0 fully saturated rings. The Morgan fingerprint density at radius 3 is 3.10 bits per heavy atom. The smallest absolute Gasteiger partial charge is 0.0370 e. The quantitative estimate of drug-likeness (QED) is 0.485. The largest absolute Gasteiger partial charge is 0.244 e. The molecule has 1 heterocycles. The van der Waals surface area contributed by atoms with Gasteiger partial charge in [0.1, 0.15) is 0 Å². The lowest BCUT2D eigenvalue weighted by atomic mass is 10.2. The standard InChI is InChI=1S/C7H9N2S/c1-2-4-7-6(3-1)5-8-9-10-7/h1-4,8-10H,5H2. The molecule has 1 aliphatic rings. The molecule has 0 bridgehead atoms. The monoisotopic (exact) mass is 153 g/mol. The fraction of sp³-hybridized carbons (Fsp3) is 0.143. The summed E-state index contributed by atoms with van der Waals surface area (Å²) in [5.74, 6) is 0. The first-order valence-electron chi connectivity index (χ1n) is 3.23. The van der Waals surface area contributed by atoms with Crippen molar-refractivity contribution in [2.75, 3.05) is 0 Å². The molecule has 1 aliphatic heterocycles. The van der Waals surface area contributed by atoms with Gasteiger partial charge < -0.3 is 0 Å². The van der Waals surface area contributed by atoms with Crippen molar-refractivity contribution in [2.45, 2.75) is 11.4 Å². The van der Waals surface area contributed by atoms with E-state index in [0.717, 1.165) is 6.54 Å². The molecule has 0 saturated heterocycles. The number of hydrazine groups is 1. The van der Waals surface area contributed by atoms with Crippen LogP contribution in [-0.4, -0.2) is 0 Å². The molecule has 2 rings (SSSR count). The van der Waals surface area contributed by atoms with Gasteiger partial charge >= 0.3 is 0 Å². The van der Waals surface area contributed by atoms with E-state index in [9.17, 15) is 0 Å².